The molecule has 0 radical (unpaired) electrons. The minimum atomic E-state index is -0.940. The molecule has 152 valence electrons. The Kier molecular flexibility index (Phi) is 9.34. The van der Waals surface area contributed by atoms with Crippen molar-refractivity contribution in [1.82, 2.24) is 0 Å². The van der Waals surface area contributed by atoms with E-state index in [2.05, 4.69) is 0 Å². The van der Waals surface area contributed by atoms with Gasteiger partial charge in [-0.2, -0.15) is 0 Å². The van der Waals surface area contributed by atoms with Gasteiger partial charge in [0.25, 0.3) is 0 Å². The summed E-state index contributed by atoms with van der Waals surface area (Å²) in [6, 6.07) is 11.2. The number of esters is 1. The zero-order chi connectivity index (χ0) is 21.4. The fourth-order valence-corrected chi connectivity index (χ4v) is 3.20. The average Bonchev–Trinajstić information content (AvgIpc) is 2.68. The molecule has 0 saturated carbocycles. The van der Waals surface area contributed by atoms with E-state index in [1.54, 1.807) is 0 Å². The highest BCUT2D eigenvalue weighted by molar-refractivity contribution is 7.00. The SMILES string of the molecule is CCC(C)OC(=O)C(C(=O)c1c(C)cc(C)c(C)c1C)c1ccccc1.O=[PH3]. The van der Waals surface area contributed by atoms with Crippen LogP contribution in [-0.4, -0.2) is 17.9 Å². The lowest BCUT2D eigenvalue weighted by Gasteiger charge is -2.21. The Labute approximate surface area is 169 Å². The summed E-state index contributed by atoms with van der Waals surface area (Å²) in [5.74, 6) is -1.61. The van der Waals surface area contributed by atoms with Crippen molar-refractivity contribution in [1.29, 1.82) is 0 Å². The first-order valence-electron chi connectivity index (χ1n) is 9.43. The van der Waals surface area contributed by atoms with Crippen molar-refractivity contribution in [3.63, 3.8) is 0 Å². The maximum absolute atomic E-state index is 13.5. The first-order valence-corrected chi connectivity index (χ1v) is 10.0. The van der Waals surface area contributed by atoms with Crippen LogP contribution in [0.5, 0.6) is 0 Å². The molecule has 3 unspecified atom stereocenters. The molecular formula is C23H31O4P. The minimum Gasteiger partial charge on any atom is -0.462 e. The van der Waals surface area contributed by atoms with E-state index >= 15 is 0 Å². The van der Waals surface area contributed by atoms with E-state index in [1.807, 2.05) is 77.9 Å². The molecule has 4 nitrogen and oxygen atoms in total. The molecule has 0 aliphatic carbocycles. The first-order chi connectivity index (χ1) is 13.3. The van der Waals surface area contributed by atoms with Gasteiger partial charge in [-0.05, 0) is 68.9 Å². The summed E-state index contributed by atoms with van der Waals surface area (Å²) in [6.45, 7) is 11.7. The molecule has 0 saturated heterocycles. The Morgan fingerprint density at radius 2 is 1.54 bits per heavy atom. The van der Waals surface area contributed by atoms with Crippen molar-refractivity contribution in [2.24, 2.45) is 0 Å². The molecule has 0 fully saturated rings. The van der Waals surface area contributed by atoms with Crippen LogP contribution in [0.15, 0.2) is 36.4 Å². The molecule has 3 atom stereocenters. The van der Waals surface area contributed by atoms with Crippen LogP contribution in [0.25, 0.3) is 0 Å². The van der Waals surface area contributed by atoms with Crippen molar-refractivity contribution in [2.75, 3.05) is 0 Å². The first kappa shape index (κ1) is 23.8. The molecule has 0 heterocycles. The molecule has 5 heteroatoms. The number of hydrogen-bond acceptors (Lipinski definition) is 4. The zero-order valence-electron chi connectivity index (χ0n) is 17.7. The van der Waals surface area contributed by atoms with E-state index < -0.39 is 11.9 Å². The second-order valence-corrected chi connectivity index (χ2v) is 7.00. The second-order valence-electron chi connectivity index (χ2n) is 7.00. The summed E-state index contributed by atoms with van der Waals surface area (Å²) >= 11 is 0. The standard InChI is InChI=1S/C23H28O3.H3OP/c1-7-16(4)26-23(25)21(19-11-9-8-10-12-19)22(24)20-15(3)13-14(2)17(5)18(20)6;1-2/h8-13,16,21H,7H2,1-6H3;2H3. The van der Waals surface area contributed by atoms with E-state index in [0.717, 1.165) is 22.3 Å². The van der Waals surface area contributed by atoms with Crippen molar-refractivity contribution >= 4 is 20.9 Å². The highest BCUT2D eigenvalue weighted by Gasteiger charge is 2.33. The molecular weight excluding hydrogens is 371 g/mol. The molecule has 0 aromatic heterocycles. The maximum atomic E-state index is 13.5. The molecule has 28 heavy (non-hydrogen) atoms. The number of Topliss-reactive ketones (excluding diaryl/α,β-unsaturated/α-hetero) is 1. The van der Waals surface area contributed by atoms with Crippen LogP contribution in [0, 0.1) is 27.7 Å². The topological polar surface area (TPSA) is 60.4 Å². The van der Waals surface area contributed by atoms with Gasteiger partial charge in [0.2, 0.25) is 0 Å². The van der Waals surface area contributed by atoms with Crippen LogP contribution in [0.3, 0.4) is 0 Å². The van der Waals surface area contributed by atoms with Gasteiger partial charge in [0.1, 0.15) is 5.92 Å². The van der Waals surface area contributed by atoms with Crippen LogP contribution in [0.4, 0.5) is 0 Å². The number of ether oxygens (including phenoxy) is 1. The number of carbonyl (C=O) groups is 2. The lowest BCUT2D eigenvalue weighted by molar-refractivity contribution is -0.148. The number of ketones is 1. The second kappa shape index (κ2) is 11.0. The van der Waals surface area contributed by atoms with Gasteiger partial charge in [0.05, 0.1) is 15.2 Å². The normalized spacial score (nSPS) is 12.5. The number of benzene rings is 2. The Morgan fingerprint density at radius 3 is 2.07 bits per heavy atom. The van der Waals surface area contributed by atoms with Gasteiger partial charge < -0.3 is 9.30 Å². The Balaban J connectivity index is 0.00000190. The van der Waals surface area contributed by atoms with Crippen molar-refractivity contribution in [3.05, 3.63) is 69.8 Å². The van der Waals surface area contributed by atoms with Crippen LogP contribution < -0.4 is 0 Å². The predicted octanol–water partition coefficient (Wildman–Crippen LogP) is 5.17. The van der Waals surface area contributed by atoms with Gasteiger partial charge >= 0.3 is 5.97 Å². The highest BCUT2D eigenvalue weighted by atomic mass is 31.0. The third kappa shape index (κ3) is 5.42. The molecule has 0 N–H and O–H groups in total. The molecule has 0 bridgehead atoms. The summed E-state index contributed by atoms with van der Waals surface area (Å²) < 4.78 is 13.8. The lowest BCUT2D eigenvalue weighted by atomic mass is 9.84. The summed E-state index contributed by atoms with van der Waals surface area (Å²) in [6.07, 6.45) is 0.492. The van der Waals surface area contributed by atoms with Gasteiger partial charge in [-0.1, -0.05) is 43.3 Å². The minimum absolute atomic E-state index is 0.192. The van der Waals surface area contributed by atoms with Gasteiger partial charge in [-0.25, -0.2) is 0 Å². The van der Waals surface area contributed by atoms with E-state index in [1.165, 1.54) is 0 Å². The summed E-state index contributed by atoms with van der Waals surface area (Å²) in [5.41, 5.74) is 5.36. The van der Waals surface area contributed by atoms with Gasteiger partial charge in [-0.15, -0.1) is 0 Å². The van der Waals surface area contributed by atoms with E-state index in [0.29, 0.717) is 26.7 Å². The van der Waals surface area contributed by atoms with Gasteiger partial charge in [-0.3, -0.25) is 9.59 Å². The number of rotatable bonds is 6. The fourth-order valence-electron chi connectivity index (χ4n) is 3.20. The number of carbonyl (C=O) groups excluding carboxylic acids is 2. The molecule has 2 aromatic rings. The molecule has 0 amide bonds. The molecule has 0 aliphatic rings. The fraction of sp³-hybridized carbons (Fsp3) is 0.391. The summed E-state index contributed by atoms with van der Waals surface area (Å²) in [5, 5.41) is 0. The van der Waals surface area contributed by atoms with Crippen molar-refractivity contribution < 1.29 is 18.9 Å². The van der Waals surface area contributed by atoms with Crippen LogP contribution in [-0.2, 0) is 14.1 Å². The van der Waals surface area contributed by atoms with Crippen LogP contribution in [0.2, 0.25) is 0 Å². The van der Waals surface area contributed by atoms with Crippen LogP contribution in [0.1, 0.15) is 64.4 Å². The van der Waals surface area contributed by atoms with Gasteiger partial charge in [0, 0.05) is 5.56 Å². The van der Waals surface area contributed by atoms with E-state index in [9.17, 15) is 9.59 Å². The number of hydrogen-bond donors (Lipinski definition) is 0. The van der Waals surface area contributed by atoms with Crippen molar-refractivity contribution in [2.45, 2.75) is 60.0 Å². The number of aryl methyl sites for hydroxylation is 2. The van der Waals surface area contributed by atoms with E-state index in [-0.39, 0.29) is 11.9 Å². The molecule has 0 aliphatic heterocycles. The molecule has 0 spiro atoms. The zero-order valence-corrected chi connectivity index (χ0v) is 19.1. The van der Waals surface area contributed by atoms with E-state index in [4.69, 9.17) is 9.30 Å². The average molecular weight is 402 g/mol. The smallest absolute Gasteiger partial charge is 0.321 e. The monoisotopic (exact) mass is 402 g/mol. The predicted molar refractivity (Wildman–Crippen MR) is 117 cm³/mol. The third-order valence-corrected chi connectivity index (χ3v) is 5.13. The van der Waals surface area contributed by atoms with Crippen LogP contribution >= 0.6 is 9.12 Å². The quantitative estimate of drug-likeness (QED) is 0.290. The summed E-state index contributed by atoms with van der Waals surface area (Å²) in [7, 11) is 0.611. The Hall–Kier alpha value is -2.19. The van der Waals surface area contributed by atoms with Crippen molar-refractivity contribution in [3.8, 4) is 0 Å². The molecule has 2 aromatic carbocycles. The molecule has 2 rings (SSSR count). The highest BCUT2D eigenvalue weighted by Crippen LogP contribution is 2.29. The van der Waals surface area contributed by atoms with Gasteiger partial charge in [0.15, 0.2) is 5.78 Å². The Morgan fingerprint density at radius 1 is 0.964 bits per heavy atom. The maximum Gasteiger partial charge on any atom is 0.321 e. The third-order valence-electron chi connectivity index (χ3n) is 5.13. The largest absolute Gasteiger partial charge is 0.462 e. The Bertz CT molecular complexity index is 830. The summed E-state index contributed by atoms with van der Waals surface area (Å²) in [4.78, 5) is 26.3. The lowest BCUT2D eigenvalue weighted by Crippen LogP contribution is -2.28.